The van der Waals surface area contributed by atoms with Gasteiger partial charge in [0.25, 0.3) is 0 Å². The van der Waals surface area contributed by atoms with Crippen LogP contribution in [0.4, 0.5) is 17.1 Å². The molecule has 2 unspecified atom stereocenters. The van der Waals surface area contributed by atoms with E-state index in [-0.39, 0.29) is 12.1 Å². The zero-order valence-electron chi connectivity index (χ0n) is 17.0. The maximum atomic E-state index is 6.22. The molecule has 4 aromatic carbocycles. The second-order valence-electron chi connectivity index (χ2n) is 8.07. The summed E-state index contributed by atoms with van der Waals surface area (Å²) < 4.78 is 0. The van der Waals surface area contributed by atoms with Crippen molar-refractivity contribution < 1.29 is 0 Å². The van der Waals surface area contributed by atoms with E-state index in [1.165, 1.54) is 43.5 Å². The van der Waals surface area contributed by atoms with Gasteiger partial charge in [0, 0.05) is 26.1 Å². The molecule has 6 rings (SSSR count). The van der Waals surface area contributed by atoms with Gasteiger partial charge in [-0.3, -0.25) is 0 Å². The quantitative estimate of drug-likeness (QED) is 0.338. The Morgan fingerprint density at radius 1 is 0.774 bits per heavy atom. The largest absolute Gasteiger partial charge is 0.375 e. The zero-order valence-corrected chi connectivity index (χ0v) is 18.6. The minimum Gasteiger partial charge on any atom is -0.375 e. The Labute approximate surface area is 191 Å². The third kappa shape index (κ3) is 3.03. The van der Waals surface area contributed by atoms with Crippen LogP contribution in [0.25, 0.3) is 0 Å². The number of para-hydroxylation sites is 3. The molecule has 0 saturated carbocycles. The van der Waals surface area contributed by atoms with Gasteiger partial charge in [0.05, 0.1) is 23.5 Å². The molecule has 2 heterocycles. The first kappa shape index (κ1) is 18.9. The first-order valence-electron chi connectivity index (χ1n) is 10.5. The maximum absolute atomic E-state index is 6.22. The van der Waals surface area contributed by atoms with E-state index < -0.39 is 0 Å². The van der Waals surface area contributed by atoms with Crippen LogP contribution in [-0.4, -0.2) is 0 Å². The molecule has 0 aliphatic carbocycles. The number of hydrogen-bond donors (Lipinski definition) is 1. The van der Waals surface area contributed by atoms with Crippen molar-refractivity contribution in [2.45, 2.75) is 28.8 Å². The molecule has 2 atom stereocenters. The summed E-state index contributed by atoms with van der Waals surface area (Å²) in [6, 6.07) is 32.6. The van der Waals surface area contributed by atoms with Gasteiger partial charge in [-0.1, -0.05) is 78.0 Å². The second-order valence-corrected chi connectivity index (χ2v) is 9.59. The van der Waals surface area contributed by atoms with Crippen LogP contribution in [0.3, 0.4) is 0 Å². The van der Waals surface area contributed by atoms with E-state index in [0.717, 1.165) is 5.02 Å². The molecular weight excluding hydrogens is 420 g/mol. The molecule has 152 valence electrons. The number of benzene rings is 4. The average molecular weight is 441 g/mol. The smallest absolute Gasteiger partial charge is 0.0855 e. The Morgan fingerprint density at radius 3 is 2.10 bits per heavy atom. The van der Waals surface area contributed by atoms with E-state index in [4.69, 9.17) is 11.6 Å². The molecule has 0 fully saturated rings. The molecule has 0 amide bonds. The fourth-order valence-electron chi connectivity index (χ4n) is 4.80. The third-order valence-corrected chi connectivity index (χ3v) is 7.60. The lowest BCUT2D eigenvalue weighted by molar-refractivity contribution is 0.621. The molecule has 0 aromatic heterocycles. The first-order valence-corrected chi connectivity index (χ1v) is 11.7. The summed E-state index contributed by atoms with van der Waals surface area (Å²) in [6.45, 7) is 2.18. The number of anilines is 3. The van der Waals surface area contributed by atoms with Crippen LogP contribution in [0.1, 0.15) is 28.8 Å². The lowest BCUT2D eigenvalue weighted by Gasteiger charge is -2.40. The molecule has 0 saturated heterocycles. The molecule has 2 aliphatic heterocycles. The Morgan fingerprint density at radius 2 is 1.42 bits per heavy atom. The van der Waals surface area contributed by atoms with E-state index >= 15 is 0 Å². The van der Waals surface area contributed by atoms with Crippen molar-refractivity contribution in [2.75, 3.05) is 10.2 Å². The number of hydrogen-bond acceptors (Lipinski definition) is 3. The number of halogens is 1. The Hall–Kier alpha value is -2.88. The predicted octanol–water partition coefficient (Wildman–Crippen LogP) is 8.16. The molecule has 4 aromatic rings. The van der Waals surface area contributed by atoms with Gasteiger partial charge in [-0.25, -0.2) is 0 Å². The zero-order chi connectivity index (χ0) is 20.9. The number of nitrogens with zero attached hydrogens (tertiary/aromatic N) is 1. The van der Waals surface area contributed by atoms with Gasteiger partial charge in [0.15, 0.2) is 0 Å². The highest BCUT2D eigenvalue weighted by Crippen LogP contribution is 2.57. The number of nitrogens with one attached hydrogen (secondary N) is 1. The molecule has 2 aliphatic rings. The van der Waals surface area contributed by atoms with E-state index in [1.54, 1.807) is 0 Å². The summed E-state index contributed by atoms with van der Waals surface area (Å²) in [4.78, 5) is 5.10. The lowest BCUT2D eigenvalue weighted by Crippen LogP contribution is -2.30. The highest BCUT2D eigenvalue weighted by atomic mass is 35.5. The Bertz CT molecular complexity index is 1240. The highest BCUT2D eigenvalue weighted by molar-refractivity contribution is 7.99. The average Bonchev–Trinajstić information content (AvgIpc) is 3.18. The summed E-state index contributed by atoms with van der Waals surface area (Å²) in [5.74, 6) is 0. The van der Waals surface area contributed by atoms with Gasteiger partial charge in [-0.15, -0.1) is 0 Å². The van der Waals surface area contributed by atoms with Gasteiger partial charge in [0.2, 0.25) is 0 Å². The van der Waals surface area contributed by atoms with Crippen LogP contribution >= 0.6 is 23.4 Å². The maximum Gasteiger partial charge on any atom is 0.0855 e. The summed E-state index contributed by atoms with van der Waals surface area (Å²) in [5.41, 5.74) is 7.58. The lowest BCUT2D eigenvalue weighted by atomic mass is 9.94. The van der Waals surface area contributed by atoms with Gasteiger partial charge in [-0.2, -0.15) is 0 Å². The summed E-state index contributed by atoms with van der Waals surface area (Å²) >= 11 is 8.07. The number of fused-ring (bicyclic) bond motifs is 3. The fraction of sp³-hybridized carbons (Fsp3) is 0.111. The standard InChI is InChI=1S/C27H21ClN2S/c1-17-7-6-8-20-25(17)29-26(18-13-15-19(28)16-14-18)27(20)30-21-9-2-4-11-23(21)31-24-12-5-3-10-22(24)30/h2-16,26-27,29H,1H3. The number of rotatable bonds is 2. The van der Waals surface area contributed by atoms with E-state index in [2.05, 4.69) is 96.0 Å². The van der Waals surface area contributed by atoms with Crippen molar-refractivity contribution in [3.63, 3.8) is 0 Å². The van der Waals surface area contributed by atoms with Gasteiger partial charge in [-0.05, 0) is 54.4 Å². The monoisotopic (exact) mass is 440 g/mol. The summed E-state index contributed by atoms with van der Waals surface area (Å²) in [5, 5.41) is 4.62. The second kappa shape index (κ2) is 7.37. The van der Waals surface area contributed by atoms with Crippen LogP contribution in [0, 0.1) is 6.92 Å². The molecule has 4 heteroatoms. The molecule has 1 N–H and O–H groups in total. The van der Waals surface area contributed by atoms with Gasteiger partial charge >= 0.3 is 0 Å². The van der Waals surface area contributed by atoms with Crippen molar-refractivity contribution in [1.82, 2.24) is 0 Å². The van der Waals surface area contributed by atoms with Crippen LogP contribution in [-0.2, 0) is 0 Å². The molecule has 0 spiro atoms. The topological polar surface area (TPSA) is 15.3 Å². The minimum absolute atomic E-state index is 0.109. The molecule has 2 nitrogen and oxygen atoms in total. The van der Waals surface area contributed by atoms with Crippen LogP contribution in [0.5, 0.6) is 0 Å². The Kier molecular flexibility index (Phi) is 4.48. The molecule has 31 heavy (non-hydrogen) atoms. The SMILES string of the molecule is Cc1cccc2c1NC(c1ccc(Cl)cc1)C2N1c2ccccc2Sc2ccccc21. The predicted molar refractivity (Wildman–Crippen MR) is 131 cm³/mol. The highest BCUT2D eigenvalue weighted by Gasteiger charge is 2.41. The van der Waals surface area contributed by atoms with Crippen molar-refractivity contribution in [1.29, 1.82) is 0 Å². The van der Waals surface area contributed by atoms with Crippen molar-refractivity contribution in [2.24, 2.45) is 0 Å². The fourth-order valence-corrected chi connectivity index (χ4v) is 6.00. The van der Waals surface area contributed by atoms with Crippen LogP contribution < -0.4 is 10.2 Å². The van der Waals surface area contributed by atoms with Gasteiger partial charge < -0.3 is 10.2 Å². The summed E-state index contributed by atoms with van der Waals surface area (Å²) in [7, 11) is 0. The van der Waals surface area contributed by atoms with Crippen molar-refractivity contribution in [3.05, 3.63) is 113 Å². The molecule has 0 radical (unpaired) electrons. The van der Waals surface area contributed by atoms with E-state index in [1.807, 2.05) is 23.9 Å². The van der Waals surface area contributed by atoms with Crippen molar-refractivity contribution in [3.8, 4) is 0 Å². The van der Waals surface area contributed by atoms with Gasteiger partial charge in [0.1, 0.15) is 0 Å². The van der Waals surface area contributed by atoms with Crippen molar-refractivity contribution >= 4 is 40.4 Å². The normalized spacial score (nSPS) is 18.7. The molecular formula is C27H21ClN2S. The minimum atomic E-state index is 0.109. The van der Waals surface area contributed by atoms with Crippen LogP contribution in [0.2, 0.25) is 5.02 Å². The van der Waals surface area contributed by atoms with E-state index in [0.29, 0.717) is 0 Å². The van der Waals surface area contributed by atoms with Crippen LogP contribution in [0.15, 0.2) is 101 Å². The van der Waals surface area contributed by atoms with E-state index in [9.17, 15) is 0 Å². The first-order chi connectivity index (χ1) is 15.2. The Balaban J connectivity index is 1.59. The number of aryl methyl sites for hydroxylation is 1. The molecule has 0 bridgehead atoms. The summed E-state index contributed by atoms with van der Waals surface area (Å²) in [6.07, 6.45) is 0. The third-order valence-electron chi connectivity index (χ3n) is 6.22.